The van der Waals surface area contributed by atoms with Crippen molar-refractivity contribution in [1.29, 1.82) is 0 Å². The summed E-state index contributed by atoms with van der Waals surface area (Å²) in [4.78, 5) is 33.9. The lowest BCUT2D eigenvalue weighted by molar-refractivity contribution is -0.281. The first-order valence-electron chi connectivity index (χ1n) is 7.51. The second-order valence-electron chi connectivity index (χ2n) is 5.59. The van der Waals surface area contributed by atoms with Gasteiger partial charge < -0.3 is 46.1 Å². The lowest BCUT2D eigenvalue weighted by Crippen LogP contribution is -2.66. The maximum atomic E-state index is 11.9. The Labute approximate surface area is 153 Å². The van der Waals surface area contributed by atoms with Crippen molar-refractivity contribution >= 4 is 30.5 Å². The predicted octanol–water partition coefficient (Wildman–Crippen LogP) is -3.89. The quantitative estimate of drug-likeness (QED) is 0.176. The fourth-order valence-corrected chi connectivity index (χ4v) is 2.39. The van der Waals surface area contributed by atoms with Gasteiger partial charge in [-0.3, -0.25) is 9.59 Å². The number of aliphatic hydroxyl groups excluding tert-OH is 3. The highest BCUT2D eigenvalue weighted by molar-refractivity contribution is 7.80. The standard InChI is InChI=1S/C13H22N2O10S/c14-4(3-26)11(21)15-8-10(20)9(19)6(2-16)25-13(8)24-5(12(22)23)1-7(17)18/h4-6,8-10,13,16,19-20,26H,1-3,14H2,(H,15,21)(H,17,18)(H,22,23)/t4-,5-,6?,8?,9?,10?,13?/m0/s1. The molecule has 0 bridgehead atoms. The minimum absolute atomic E-state index is 0.0421. The fourth-order valence-electron chi connectivity index (χ4n) is 2.22. The molecule has 8 N–H and O–H groups in total. The molecule has 7 atom stereocenters. The topological polar surface area (TPSA) is 209 Å². The summed E-state index contributed by atoms with van der Waals surface area (Å²) >= 11 is 3.85. The summed E-state index contributed by atoms with van der Waals surface area (Å²) in [5.74, 6) is -3.92. The number of nitrogens with one attached hydrogen (secondary N) is 1. The Balaban J connectivity index is 3.03. The van der Waals surface area contributed by atoms with E-state index in [1.54, 1.807) is 0 Å². The van der Waals surface area contributed by atoms with Crippen LogP contribution < -0.4 is 11.1 Å². The molecule has 0 aliphatic carbocycles. The molecule has 13 heteroatoms. The smallest absolute Gasteiger partial charge is 0.333 e. The van der Waals surface area contributed by atoms with E-state index in [2.05, 4.69) is 17.9 Å². The van der Waals surface area contributed by atoms with Gasteiger partial charge in [-0.2, -0.15) is 12.6 Å². The zero-order valence-corrected chi connectivity index (χ0v) is 14.4. The predicted molar refractivity (Wildman–Crippen MR) is 86.3 cm³/mol. The van der Waals surface area contributed by atoms with Crippen molar-refractivity contribution < 1.29 is 49.4 Å². The molecule has 12 nitrogen and oxygen atoms in total. The van der Waals surface area contributed by atoms with Gasteiger partial charge in [-0.1, -0.05) is 0 Å². The van der Waals surface area contributed by atoms with Crippen LogP contribution in [0.4, 0.5) is 0 Å². The van der Waals surface area contributed by atoms with E-state index in [0.29, 0.717) is 0 Å². The average Bonchev–Trinajstić information content (AvgIpc) is 2.58. The summed E-state index contributed by atoms with van der Waals surface area (Å²) < 4.78 is 10.3. The van der Waals surface area contributed by atoms with Crippen LogP contribution in [0.2, 0.25) is 0 Å². The third kappa shape index (κ3) is 5.77. The molecule has 0 saturated carbocycles. The van der Waals surface area contributed by atoms with E-state index in [9.17, 15) is 29.7 Å². The van der Waals surface area contributed by atoms with Gasteiger partial charge in [-0.15, -0.1) is 0 Å². The van der Waals surface area contributed by atoms with Crippen molar-refractivity contribution in [3.05, 3.63) is 0 Å². The van der Waals surface area contributed by atoms with Crippen molar-refractivity contribution in [3.8, 4) is 0 Å². The zero-order chi connectivity index (χ0) is 20.0. The molecule has 0 aromatic heterocycles. The monoisotopic (exact) mass is 398 g/mol. The van der Waals surface area contributed by atoms with Crippen LogP contribution in [0.3, 0.4) is 0 Å². The van der Waals surface area contributed by atoms with Gasteiger partial charge in [-0.25, -0.2) is 4.79 Å². The molecule has 1 fully saturated rings. The van der Waals surface area contributed by atoms with Crippen molar-refractivity contribution in [2.24, 2.45) is 5.73 Å². The normalized spacial score (nSPS) is 31.0. The number of ether oxygens (including phenoxy) is 2. The van der Waals surface area contributed by atoms with Gasteiger partial charge in [0.15, 0.2) is 12.4 Å². The Kier molecular flexibility index (Phi) is 8.69. The Morgan fingerprint density at radius 1 is 1.23 bits per heavy atom. The Hall–Kier alpha value is -1.48. The molecule has 1 rings (SSSR count). The zero-order valence-electron chi connectivity index (χ0n) is 13.5. The van der Waals surface area contributed by atoms with Crippen LogP contribution in [-0.2, 0) is 23.9 Å². The van der Waals surface area contributed by atoms with Gasteiger partial charge in [0.1, 0.15) is 24.4 Å². The van der Waals surface area contributed by atoms with Crippen molar-refractivity contribution in [2.75, 3.05) is 12.4 Å². The number of hydrogen-bond acceptors (Lipinski definition) is 10. The van der Waals surface area contributed by atoms with Crippen LogP contribution in [0.15, 0.2) is 0 Å². The van der Waals surface area contributed by atoms with E-state index < -0.39 is 73.7 Å². The summed E-state index contributed by atoms with van der Waals surface area (Å²) in [6.07, 6.45) is -9.13. The molecular formula is C13H22N2O10S. The van der Waals surface area contributed by atoms with Gasteiger partial charge in [0.2, 0.25) is 5.91 Å². The third-order valence-electron chi connectivity index (χ3n) is 3.66. The van der Waals surface area contributed by atoms with Gasteiger partial charge in [-0.05, 0) is 0 Å². The van der Waals surface area contributed by atoms with Gasteiger partial charge >= 0.3 is 11.9 Å². The first-order chi connectivity index (χ1) is 12.1. The third-order valence-corrected chi connectivity index (χ3v) is 4.05. The van der Waals surface area contributed by atoms with Gasteiger partial charge in [0.05, 0.1) is 19.1 Å². The summed E-state index contributed by atoms with van der Waals surface area (Å²) in [6, 6.07) is -2.55. The number of nitrogens with two attached hydrogens (primary N) is 1. The van der Waals surface area contributed by atoms with E-state index in [-0.39, 0.29) is 5.75 Å². The van der Waals surface area contributed by atoms with Crippen molar-refractivity contribution in [1.82, 2.24) is 5.32 Å². The van der Waals surface area contributed by atoms with E-state index in [4.69, 9.17) is 25.4 Å². The van der Waals surface area contributed by atoms with E-state index in [1.165, 1.54) is 0 Å². The largest absolute Gasteiger partial charge is 0.481 e. The lowest BCUT2D eigenvalue weighted by atomic mass is 9.96. The van der Waals surface area contributed by atoms with E-state index in [0.717, 1.165) is 0 Å². The number of carbonyl (C=O) groups is 3. The number of carbonyl (C=O) groups excluding carboxylic acids is 1. The number of carboxylic acid groups (broad SMARTS) is 2. The number of thiol groups is 1. The molecule has 1 saturated heterocycles. The van der Waals surface area contributed by atoms with Crippen LogP contribution in [-0.4, -0.2) is 98.5 Å². The number of aliphatic hydroxyl groups is 3. The summed E-state index contributed by atoms with van der Waals surface area (Å²) in [5.41, 5.74) is 5.50. The minimum Gasteiger partial charge on any atom is -0.481 e. The van der Waals surface area contributed by atoms with Crippen molar-refractivity contribution in [2.45, 2.75) is 49.2 Å². The maximum absolute atomic E-state index is 11.9. The van der Waals surface area contributed by atoms with Crippen LogP contribution in [0.5, 0.6) is 0 Å². The highest BCUT2D eigenvalue weighted by Crippen LogP contribution is 2.24. The lowest BCUT2D eigenvalue weighted by Gasteiger charge is -2.43. The molecule has 0 aromatic carbocycles. The van der Waals surface area contributed by atoms with Gasteiger partial charge in [0, 0.05) is 5.75 Å². The number of rotatable bonds is 9. The second-order valence-corrected chi connectivity index (χ2v) is 5.96. The molecule has 1 aliphatic heterocycles. The molecule has 1 heterocycles. The molecule has 150 valence electrons. The minimum atomic E-state index is -1.86. The van der Waals surface area contributed by atoms with Crippen LogP contribution in [0, 0.1) is 0 Å². The molecule has 1 amide bonds. The summed E-state index contributed by atoms with van der Waals surface area (Å²) in [5, 5.41) is 49.4. The molecule has 0 spiro atoms. The van der Waals surface area contributed by atoms with E-state index >= 15 is 0 Å². The van der Waals surface area contributed by atoms with Crippen LogP contribution >= 0.6 is 12.6 Å². The summed E-state index contributed by atoms with van der Waals surface area (Å²) in [7, 11) is 0. The molecular weight excluding hydrogens is 376 g/mol. The Morgan fingerprint density at radius 3 is 2.31 bits per heavy atom. The Morgan fingerprint density at radius 2 is 1.85 bits per heavy atom. The molecule has 5 unspecified atom stereocenters. The maximum Gasteiger partial charge on any atom is 0.333 e. The number of aliphatic carboxylic acids is 2. The van der Waals surface area contributed by atoms with Crippen molar-refractivity contribution in [3.63, 3.8) is 0 Å². The number of carboxylic acids is 2. The Bertz CT molecular complexity index is 521. The average molecular weight is 398 g/mol. The fraction of sp³-hybridized carbons (Fsp3) is 0.769. The SMILES string of the molecule is N[C@@H](CS)C(=O)NC1C(O[C@@H](CC(=O)O)C(=O)O)OC(CO)C(O)C1O. The van der Waals surface area contributed by atoms with Crippen LogP contribution in [0.1, 0.15) is 6.42 Å². The second kappa shape index (κ2) is 10.0. The van der Waals surface area contributed by atoms with E-state index in [1.807, 2.05) is 0 Å². The van der Waals surface area contributed by atoms with Crippen LogP contribution in [0.25, 0.3) is 0 Å². The number of amides is 1. The highest BCUT2D eigenvalue weighted by Gasteiger charge is 2.47. The first-order valence-corrected chi connectivity index (χ1v) is 8.14. The molecule has 1 aliphatic rings. The summed E-state index contributed by atoms with van der Waals surface area (Å²) in [6.45, 7) is -0.744. The molecule has 26 heavy (non-hydrogen) atoms. The molecule has 0 radical (unpaired) electrons. The number of hydrogen-bond donors (Lipinski definition) is 8. The molecule has 0 aromatic rings. The van der Waals surface area contributed by atoms with Gasteiger partial charge in [0.25, 0.3) is 0 Å². The highest BCUT2D eigenvalue weighted by atomic mass is 32.1. The first kappa shape index (κ1) is 22.6.